The number of carbonyl (C=O) groups is 1. The molecule has 0 spiro atoms. The van der Waals surface area contributed by atoms with Crippen molar-refractivity contribution >= 4 is 5.97 Å². The Morgan fingerprint density at radius 1 is 0.758 bits per heavy atom. The maximum atomic E-state index is 11.9. The number of hydrogen-bond acceptors (Lipinski definition) is 3. The molecule has 3 N–H and O–H groups in total. The summed E-state index contributed by atoms with van der Waals surface area (Å²) >= 11 is 0. The van der Waals surface area contributed by atoms with Gasteiger partial charge in [-0.1, -0.05) is 106 Å². The summed E-state index contributed by atoms with van der Waals surface area (Å²) in [5.41, 5.74) is 0.966. The Balaban J connectivity index is 1.61. The SMILES string of the molecule is CC(CO)(CCCCCC(O)CCCCCC(C)(C(=O)O)c1ccccc1)c1ccccc1. The van der Waals surface area contributed by atoms with E-state index in [9.17, 15) is 20.1 Å². The van der Waals surface area contributed by atoms with Gasteiger partial charge >= 0.3 is 5.97 Å². The molecule has 33 heavy (non-hydrogen) atoms. The van der Waals surface area contributed by atoms with Gasteiger partial charge in [0.25, 0.3) is 0 Å². The van der Waals surface area contributed by atoms with Crippen LogP contribution in [0.1, 0.15) is 89.2 Å². The monoisotopic (exact) mass is 454 g/mol. The van der Waals surface area contributed by atoms with Crippen LogP contribution in [0.15, 0.2) is 60.7 Å². The maximum absolute atomic E-state index is 11.9. The lowest BCUT2D eigenvalue weighted by Gasteiger charge is -2.28. The van der Waals surface area contributed by atoms with E-state index in [1.54, 1.807) is 6.92 Å². The third kappa shape index (κ3) is 8.28. The van der Waals surface area contributed by atoms with Crippen molar-refractivity contribution in [3.05, 3.63) is 71.8 Å². The van der Waals surface area contributed by atoms with Crippen LogP contribution in [-0.2, 0) is 15.6 Å². The highest BCUT2D eigenvalue weighted by molar-refractivity contribution is 5.80. The van der Waals surface area contributed by atoms with Crippen LogP contribution < -0.4 is 0 Å². The molecule has 0 saturated heterocycles. The van der Waals surface area contributed by atoms with Crippen LogP contribution in [-0.4, -0.2) is 34.0 Å². The Morgan fingerprint density at radius 3 is 1.73 bits per heavy atom. The first-order valence-corrected chi connectivity index (χ1v) is 12.5. The van der Waals surface area contributed by atoms with Crippen molar-refractivity contribution in [1.82, 2.24) is 0 Å². The van der Waals surface area contributed by atoms with Crippen molar-refractivity contribution in [2.75, 3.05) is 6.61 Å². The van der Waals surface area contributed by atoms with Crippen molar-refractivity contribution < 1.29 is 20.1 Å². The molecule has 0 saturated carbocycles. The number of aliphatic hydroxyl groups is 2. The predicted molar refractivity (Wildman–Crippen MR) is 134 cm³/mol. The van der Waals surface area contributed by atoms with Gasteiger partial charge in [0.05, 0.1) is 18.1 Å². The van der Waals surface area contributed by atoms with Crippen LogP contribution in [0.5, 0.6) is 0 Å². The third-order valence-electron chi connectivity index (χ3n) is 7.18. The molecular formula is C29H42O4. The summed E-state index contributed by atoms with van der Waals surface area (Å²) in [5, 5.41) is 30.0. The Morgan fingerprint density at radius 2 is 1.24 bits per heavy atom. The minimum absolute atomic E-state index is 0.144. The molecule has 2 aromatic carbocycles. The van der Waals surface area contributed by atoms with Gasteiger partial charge in [0, 0.05) is 5.41 Å². The summed E-state index contributed by atoms with van der Waals surface area (Å²) < 4.78 is 0. The highest BCUT2D eigenvalue weighted by atomic mass is 16.4. The summed E-state index contributed by atoms with van der Waals surface area (Å²) in [7, 11) is 0. The Bertz CT molecular complexity index is 807. The quantitative estimate of drug-likeness (QED) is 0.262. The van der Waals surface area contributed by atoms with Crippen molar-refractivity contribution in [2.45, 2.75) is 95.0 Å². The van der Waals surface area contributed by atoms with E-state index in [2.05, 4.69) is 19.1 Å². The lowest BCUT2D eigenvalue weighted by atomic mass is 9.78. The van der Waals surface area contributed by atoms with Crippen molar-refractivity contribution in [1.29, 1.82) is 0 Å². The fourth-order valence-electron chi connectivity index (χ4n) is 4.59. The van der Waals surface area contributed by atoms with Gasteiger partial charge in [0.2, 0.25) is 0 Å². The normalized spacial score (nSPS) is 16.0. The zero-order valence-corrected chi connectivity index (χ0v) is 20.4. The summed E-state index contributed by atoms with van der Waals surface area (Å²) in [6.07, 6.45) is 8.59. The average molecular weight is 455 g/mol. The zero-order valence-electron chi connectivity index (χ0n) is 20.4. The molecule has 3 unspecified atom stereocenters. The van der Waals surface area contributed by atoms with E-state index >= 15 is 0 Å². The van der Waals surface area contributed by atoms with Gasteiger partial charge in [-0.3, -0.25) is 4.79 Å². The van der Waals surface area contributed by atoms with E-state index in [0.29, 0.717) is 6.42 Å². The number of hydrogen-bond donors (Lipinski definition) is 3. The van der Waals surface area contributed by atoms with Crippen LogP contribution in [0.2, 0.25) is 0 Å². The highest BCUT2D eigenvalue weighted by Gasteiger charge is 2.34. The number of rotatable bonds is 16. The summed E-state index contributed by atoms with van der Waals surface area (Å²) in [4.78, 5) is 11.9. The van der Waals surface area contributed by atoms with Crippen molar-refractivity contribution in [3.8, 4) is 0 Å². The molecule has 0 aliphatic rings. The number of aliphatic carboxylic acids is 1. The van der Waals surface area contributed by atoms with E-state index in [-0.39, 0.29) is 18.1 Å². The lowest BCUT2D eigenvalue weighted by Crippen LogP contribution is -2.32. The number of aliphatic hydroxyl groups excluding tert-OH is 2. The third-order valence-corrected chi connectivity index (χ3v) is 7.18. The molecule has 2 rings (SSSR count). The summed E-state index contributed by atoms with van der Waals surface area (Å²) in [5.74, 6) is -0.779. The first kappa shape index (κ1) is 27.1. The average Bonchev–Trinajstić information content (AvgIpc) is 2.84. The molecule has 4 nitrogen and oxygen atoms in total. The van der Waals surface area contributed by atoms with Crippen molar-refractivity contribution in [2.24, 2.45) is 0 Å². The molecular weight excluding hydrogens is 412 g/mol. The van der Waals surface area contributed by atoms with E-state index in [0.717, 1.165) is 63.4 Å². The van der Waals surface area contributed by atoms with Gasteiger partial charge < -0.3 is 15.3 Å². The minimum atomic E-state index is -0.858. The molecule has 4 heteroatoms. The Labute approximate surface area is 199 Å². The smallest absolute Gasteiger partial charge is 0.313 e. The Hall–Kier alpha value is -2.17. The molecule has 0 aliphatic heterocycles. The highest BCUT2D eigenvalue weighted by Crippen LogP contribution is 2.31. The zero-order chi connectivity index (χ0) is 24.2. The van der Waals surface area contributed by atoms with E-state index in [1.165, 1.54) is 5.56 Å². The second-order valence-corrected chi connectivity index (χ2v) is 9.94. The molecule has 3 atom stereocenters. The molecule has 0 amide bonds. The lowest BCUT2D eigenvalue weighted by molar-refractivity contribution is -0.143. The van der Waals surface area contributed by atoms with Gasteiger partial charge in [0.15, 0.2) is 0 Å². The van der Waals surface area contributed by atoms with Crippen molar-refractivity contribution in [3.63, 3.8) is 0 Å². The number of benzene rings is 2. The second-order valence-electron chi connectivity index (χ2n) is 9.94. The Kier molecular flexibility index (Phi) is 11.1. The predicted octanol–water partition coefficient (Wildman–Crippen LogP) is 6.24. The first-order chi connectivity index (χ1) is 15.8. The first-order valence-electron chi connectivity index (χ1n) is 12.5. The van der Waals surface area contributed by atoms with Crippen LogP contribution in [0.4, 0.5) is 0 Å². The van der Waals surface area contributed by atoms with Gasteiger partial charge in [-0.05, 0) is 43.7 Å². The number of unbranched alkanes of at least 4 members (excludes halogenated alkanes) is 4. The van der Waals surface area contributed by atoms with Crippen LogP contribution in [0.3, 0.4) is 0 Å². The fraction of sp³-hybridized carbons (Fsp3) is 0.552. The molecule has 0 heterocycles. The number of carboxylic acid groups (broad SMARTS) is 1. The van der Waals surface area contributed by atoms with E-state index < -0.39 is 11.4 Å². The second kappa shape index (κ2) is 13.5. The minimum Gasteiger partial charge on any atom is -0.481 e. The molecule has 0 radical (unpaired) electrons. The molecule has 0 fully saturated rings. The molecule has 0 bridgehead atoms. The number of carboxylic acids is 1. The molecule has 182 valence electrons. The summed E-state index contributed by atoms with van der Waals surface area (Å²) in [6.45, 7) is 4.06. The van der Waals surface area contributed by atoms with Gasteiger partial charge in [-0.25, -0.2) is 0 Å². The largest absolute Gasteiger partial charge is 0.481 e. The van der Waals surface area contributed by atoms with E-state index in [1.807, 2.05) is 48.5 Å². The van der Waals surface area contributed by atoms with Gasteiger partial charge in [0.1, 0.15) is 0 Å². The molecule has 2 aromatic rings. The maximum Gasteiger partial charge on any atom is 0.313 e. The fourth-order valence-corrected chi connectivity index (χ4v) is 4.59. The van der Waals surface area contributed by atoms with Gasteiger partial charge in [-0.15, -0.1) is 0 Å². The van der Waals surface area contributed by atoms with Crippen LogP contribution in [0, 0.1) is 0 Å². The summed E-state index contributed by atoms with van der Waals surface area (Å²) in [6, 6.07) is 19.7. The molecule has 0 aliphatic carbocycles. The van der Waals surface area contributed by atoms with Crippen LogP contribution >= 0.6 is 0 Å². The molecule has 0 aromatic heterocycles. The van der Waals surface area contributed by atoms with Crippen LogP contribution in [0.25, 0.3) is 0 Å². The standard InChI is InChI=1S/C29H42O4/c1-28(23-30,24-15-7-3-8-16-24)21-13-5-11-19-26(31)20-12-6-14-22-29(2,27(32)33)25-17-9-4-10-18-25/h3-4,7-10,15-18,26,30-31H,5-6,11-14,19-23H2,1-2H3,(H,32,33). The van der Waals surface area contributed by atoms with E-state index in [4.69, 9.17) is 0 Å². The van der Waals surface area contributed by atoms with Gasteiger partial charge in [-0.2, -0.15) is 0 Å². The topological polar surface area (TPSA) is 77.8 Å².